The van der Waals surface area contributed by atoms with E-state index in [4.69, 9.17) is 10.8 Å². The summed E-state index contributed by atoms with van der Waals surface area (Å²) in [7, 11) is -3.57. The first-order valence-electron chi connectivity index (χ1n) is 5.40. The Hall–Kier alpha value is -1.44. The largest absolute Gasteiger partial charge is 0.481 e. The molecular formula is C11H16N2O4S. The Labute approximate surface area is 106 Å². The SMILES string of the molecule is NCc1ccccc1CNS(=O)(=O)CCC(=O)O. The minimum atomic E-state index is -3.57. The Kier molecular flexibility index (Phi) is 5.26. The lowest BCUT2D eigenvalue weighted by molar-refractivity contribution is -0.136. The molecule has 1 rings (SSSR count). The van der Waals surface area contributed by atoms with Crippen LogP contribution in [0.1, 0.15) is 17.5 Å². The van der Waals surface area contributed by atoms with E-state index in [9.17, 15) is 13.2 Å². The Morgan fingerprint density at radius 3 is 2.44 bits per heavy atom. The number of sulfonamides is 1. The molecule has 0 amide bonds. The number of benzene rings is 1. The molecule has 4 N–H and O–H groups in total. The fraction of sp³-hybridized carbons (Fsp3) is 0.364. The van der Waals surface area contributed by atoms with Crippen LogP contribution in [0.15, 0.2) is 24.3 Å². The van der Waals surface area contributed by atoms with Gasteiger partial charge in [0.25, 0.3) is 0 Å². The summed E-state index contributed by atoms with van der Waals surface area (Å²) in [5.41, 5.74) is 7.18. The summed E-state index contributed by atoms with van der Waals surface area (Å²) >= 11 is 0. The van der Waals surface area contributed by atoms with Crippen LogP contribution in [0.25, 0.3) is 0 Å². The van der Waals surface area contributed by atoms with Crippen molar-refractivity contribution in [2.75, 3.05) is 5.75 Å². The number of hydrogen-bond acceptors (Lipinski definition) is 4. The Morgan fingerprint density at radius 1 is 1.28 bits per heavy atom. The maximum absolute atomic E-state index is 11.5. The number of nitrogens with one attached hydrogen (secondary N) is 1. The number of carbonyl (C=O) groups is 1. The molecule has 18 heavy (non-hydrogen) atoms. The summed E-state index contributed by atoms with van der Waals surface area (Å²) in [4.78, 5) is 10.3. The molecule has 100 valence electrons. The van der Waals surface area contributed by atoms with Gasteiger partial charge in [0.2, 0.25) is 10.0 Å². The highest BCUT2D eigenvalue weighted by molar-refractivity contribution is 7.89. The van der Waals surface area contributed by atoms with Crippen molar-refractivity contribution >= 4 is 16.0 Å². The van der Waals surface area contributed by atoms with Crippen LogP contribution in [-0.4, -0.2) is 25.2 Å². The second kappa shape index (κ2) is 6.48. The molecule has 0 aliphatic carbocycles. The van der Waals surface area contributed by atoms with Crippen LogP contribution in [0.4, 0.5) is 0 Å². The van der Waals surface area contributed by atoms with Gasteiger partial charge in [-0.1, -0.05) is 24.3 Å². The number of nitrogens with two attached hydrogens (primary N) is 1. The normalized spacial score (nSPS) is 11.4. The average molecular weight is 272 g/mol. The van der Waals surface area contributed by atoms with Crippen LogP contribution in [0.3, 0.4) is 0 Å². The first-order chi connectivity index (χ1) is 8.44. The fourth-order valence-electron chi connectivity index (χ4n) is 1.41. The average Bonchev–Trinajstić information content (AvgIpc) is 2.34. The summed E-state index contributed by atoms with van der Waals surface area (Å²) in [5, 5.41) is 8.44. The van der Waals surface area contributed by atoms with Gasteiger partial charge < -0.3 is 10.8 Å². The van der Waals surface area contributed by atoms with E-state index in [1.807, 2.05) is 12.1 Å². The van der Waals surface area contributed by atoms with E-state index in [0.29, 0.717) is 6.54 Å². The molecule has 0 saturated heterocycles. The molecule has 6 nitrogen and oxygen atoms in total. The monoisotopic (exact) mass is 272 g/mol. The molecule has 0 atom stereocenters. The third kappa shape index (κ3) is 4.82. The number of hydrogen-bond donors (Lipinski definition) is 3. The van der Waals surface area contributed by atoms with Crippen molar-refractivity contribution in [3.05, 3.63) is 35.4 Å². The lowest BCUT2D eigenvalue weighted by Crippen LogP contribution is -2.27. The van der Waals surface area contributed by atoms with Crippen molar-refractivity contribution in [3.63, 3.8) is 0 Å². The summed E-state index contributed by atoms with van der Waals surface area (Å²) < 4.78 is 25.4. The molecular weight excluding hydrogens is 256 g/mol. The van der Waals surface area contributed by atoms with Crippen molar-refractivity contribution in [3.8, 4) is 0 Å². The topological polar surface area (TPSA) is 109 Å². The van der Waals surface area contributed by atoms with Gasteiger partial charge in [0.15, 0.2) is 0 Å². The zero-order valence-electron chi connectivity index (χ0n) is 9.80. The van der Waals surface area contributed by atoms with Gasteiger partial charge in [-0.2, -0.15) is 0 Å². The maximum Gasteiger partial charge on any atom is 0.304 e. The molecule has 1 aromatic carbocycles. The predicted octanol–water partition coefficient (Wildman–Crippen LogP) is 0.0394. The van der Waals surface area contributed by atoms with Gasteiger partial charge in [0.1, 0.15) is 0 Å². The minimum absolute atomic E-state index is 0.120. The van der Waals surface area contributed by atoms with E-state index in [0.717, 1.165) is 11.1 Å². The molecule has 0 bridgehead atoms. The molecule has 0 radical (unpaired) electrons. The molecule has 0 heterocycles. The summed E-state index contributed by atoms with van der Waals surface area (Å²) in [5.74, 6) is -1.56. The molecule has 0 aliphatic rings. The quantitative estimate of drug-likeness (QED) is 0.649. The van der Waals surface area contributed by atoms with Crippen molar-refractivity contribution in [1.29, 1.82) is 0 Å². The Balaban J connectivity index is 2.61. The Bertz CT molecular complexity index is 514. The molecule has 7 heteroatoms. The first kappa shape index (κ1) is 14.6. The van der Waals surface area contributed by atoms with Crippen molar-refractivity contribution in [1.82, 2.24) is 4.72 Å². The van der Waals surface area contributed by atoms with Gasteiger partial charge in [-0.3, -0.25) is 4.79 Å². The van der Waals surface area contributed by atoms with Crippen LogP contribution in [0.5, 0.6) is 0 Å². The van der Waals surface area contributed by atoms with Crippen molar-refractivity contribution < 1.29 is 18.3 Å². The molecule has 1 aromatic rings. The lowest BCUT2D eigenvalue weighted by Gasteiger charge is -2.09. The van der Waals surface area contributed by atoms with E-state index in [-0.39, 0.29) is 6.54 Å². The molecule has 0 aromatic heterocycles. The first-order valence-corrected chi connectivity index (χ1v) is 7.06. The second-order valence-corrected chi connectivity index (χ2v) is 5.68. The molecule has 0 fully saturated rings. The van der Waals surface area contributed by atoms with Crippen LogP contribution < -0.4 is 10.5 Å². The minimum Gasteiger partial charge on any atom is -0.481 e. The number of aliphatic carboxylic acids is 1. The third-order valence-corrected chi connectivity index (χ3v) is 3.73. The Morgan fingerprint density at radius 2 is 1.89 bits per heavy atom. The highest BCUT2D eigenvalue weighted by Crippen LogP contribution is 2.08. The highest BCUT2D eigenvalue weighted by Gasteiger charge is 2.12. The highest BCUT2D eigenvalue weighted by atomic mass is 32.2. The maximum atomic E-state index is 11.5. The number of carboxylic acids is 1. The van der Waals surface area contributed by atoms with Gasteiger partial charge in [-0.15, -0.1) is 0 Å². The smallest absolute Gasteiger partial charge is 0.304 e. The van der Waals surface area contributed by atoms with Gasteiger partial charge >= 0.3 is 5.97 Å². The van der Waals surface area contributed by atoms with E-state index in [2.05, 4.69) is 4.72 Å². The van der Waals surface area contributed by atoms with E-state index < -0.39 is 28.2 Å². The van der Waals surface area contributed by atoms with Gasteiger partial charge in [-0.05, 0) is 11.1 Å². The van der Waals surface area contributed by atoms with Crippen molar-refractivity contribution in [2.45, 2.75) is 19.5 Å². The zero-order chi connectivity index (χ0) is 13.6. The van der Waals surface area contributed by atoms with Gasteiger partial charge in [0.05, 0.1) is 12.2 Å². The van der Waals surface area contributed by atoms with Crippen molar-refractivity contribution in [2.24, 2.45) is 5.73 Å². The summed E-state index contributed by atoms with van der Waals surface area (Å²) in [6, 6.07) is 7.22. The summed E-state index contributed by atoms with van der Waals surface area (Å²) in [6.45, 7) is 0.447. The molecule has 0 unspecified atom stereocenters. The molecule has 0 spiro atoms. The fourth-order valence-corrected chi connectivity index (χ4v) is 2.37. The van der Waals surface area contributed by atoms with Crippen LogP contribution >= 0.6 is 0 Å². The van der Waals surface area contributed by atoms with E-state index >= 15 is 0 Å². The predicted molar refractivity (Wildman–Crippen MR) is 67.2 cm³/mol. The second-order valence-electron chi connectivity index (χ2n) is 3.76. The standard InChI is InChI=1S/C11H16N2O4S/c12-7-9-3-1-2-4-10(9)8-13-18(16,17)6-5-11(14)15/h1-4,13H,5-8,12H2,(H,14,15). The van der Waals surface area contributed by atoms with Gasteiger partial charge in [-0.25, -0.2) is 13.1 Å². The number of rotatable bonds is 7. The zero-order valence-corrected chi connectivity index (χ0v) is 10.6. The molecule has 0 saturated carbocycles. The lowest BCUT2D eigenvalue weighted by atomic mass is 10.1. The van der Waals surface area contributed by atoms with E-state index in [1.54, 1.807) is 12.1 Å². The van der Waals surface area contributed by atoms with E-state index in [1.165, 1.54) is 0 Å². The van der Waals surface area contributed by atoms with Crippen LogP contribution in [-0.2, 0) is 27.9 Å². The number of carboxylic acid groups (broad SMARTS) is 1. The van der Waals surface area contributed by atoms with Crippen LogP contribution in [0.2, 0.25) is 0 Å². The molecule has 0 aliphatic heterocycles. The third-order valence-electron chi connectivity index (χ3n) is 2.41. The summed E-state index contributed by atoms with van der Waals surface area (Å²) in [6.07, 6.45) is -0.409. The van der Waals surface area contributed by atoms with Crippen LogP contribution in [0, 0.1) is 0 Å². The van der Waals surface area contributed by atoms with Gasteiger partial charge in [0, 0.05) is 13.1 Å².